The van der Waals surface area contributed by atoms with Crippen molar-refractivity contribution >= 4 is 23.9 Å². The molecule has 10 heteroatoms. The van der Waals surface area contributed by atoms with Gasteiger partial charge in [0.15, 0.2) is 12.2 Å². The van der Waals surface area contributed by atoms with E-state index in [-0.39, 0.29) is 0 Å². The first-order valence-electron chi connectivity index (χ1n) is 6.37. The number of carbonyl (C=O) groups excluding carboxylic acids is 4. The van der Waals surface area contributed by atoms with Gasteiger partial charge in [-0.25, -0.2) is 19.2 Å². The smallest absolute Gasteiger partial charge is 0.452 e. The topological polar surface area (TPSA) is 124 Å². The average Bonchev–Trinajstić information content (AvgIpc) is 3.03. The first-order valence-corrected chi connectivity index (χ1v) is 6.37. The quantitative estimate of drug-likeness (QED) is 0.354. The van der Waals surface area contributed by atoms with E-state index in [4.69, 9.17) is 18.9 Å². The Bertz CT molecular complexity index is 477. The van der Waals surface area contributed by atoms with Crippen LogP contribution < -0.4 is 0 Å². The number of rotatable bonds is 6. The summed E-state index contributed by atoms with van der Waals surface area (Å²) in [6.45, 7) is 2.45. The normalized spacial score (nSPS) is 17.0. The van der Waals surface area contributed by atoms with Crippen LogP contribution in [0.1, 0.15) is 13.8 Å². The third kappa shape index (κ3) is 3.90. The Morgan fingerprint density at radius 3 is 1.48 bits per heavy atom. The van der Waals surface area contributed by atoms with Gasteiger partial charge in [0, 0.05) is 0 Å². The molecule has 0 spiro atoms. The van der Waals surface area contributed by atoms with Crippen molar-refractivity contribution in [1.29, 1.82) is 0 Å². The maximum absolute atomic E-state index is 12.1. The summed E-state index contributed by atoms with van der Waals surface area (Å²) in [5.41, 5.74) is 0. The molecule has 0 fully saturated rings. The van der Waals surface area contributed by atoms with Crippen LogP contribution in [-0.2, 0) is 47.6 Å². The highest BCUT2D eigenvalue weighted by Gasteiger charge is 2.58. The highest BCUT2D eigenvalue weighted by molar-refractivity contribution is 6.03. The summed E-state index contributed by atoms with van der Waals surface area (Å²) in [6, 6.07) is 0. The average molecular weight is 332 g/mol. The van der Waals surface area contributed by atoms with E-state index in [0.717, 1.165) is 26.7 Å². The van der Waals surface area contributed by atoms with Crippen LogP contribution in [0.3, 0.4) is 0 Å². The van der Waals surface area contributed by atoms with Crippen LogP contribution in [0.2, 0.25) is 0 Å². The van der Waals surface area contributed by atoms with Gasteiger partial charge in [-0.05, 0) is 13.8 Å². The lowest BCUT2D eigenvalue weighted by atomic mass is 10.2. The summed E-state index contributed by atoms with van der Waals surface area (Å²) in [6.07, 6.45) is -0.812. The van der Waals surface area contributed by atoms with Gasteiger partial charge in [-0.1, -0.05) is 0 Å². The second-order valence-corrected chi connectivity index (χ2v) is 4.27. The predicted molar refractivity (Wildman–Crippen MR) is 69.2 cm³/mol. The van der Waals surface area contributed by atoms with E-state index in [0.29, 0.717) is 0 Å². The zero-order valence-corrected chi connectivity index (χ0v) is 12.9. The fourth-order valence-corrected chi connectivity index (χ4v) is 1.46. The van der Waals surface area contributed by atoms with Crippen molar-refractivity contribution in [2.45, 2.75) is 31.8 Å². The van der Waals surface area contributed by atoms with Crippen LogP contribution in [-0.4, -0.2) is 56.1 Å². The van der Waals surface area contributed by atoms with Crippen LogP contribution in [0.25, 0.3) is 0 Å². The molecule has 0 saturated heterocycles. The predicted octanol–water partition coefficient (Wildman–Crippen LogP) is -0.590. The molecule has 0 aliphatic carbocycles. The maximum Gasteiger partial charge on any atom is 0.452 e. The third-order valence-electron chi connectivity index (χ3n) is 2.69. The molecular formula is C13H16O10. The molecule has 1 heterocycles. The van der Waals surface area contributed by atoms with Crippen LogP contribution in [0.5, 0.6) is 0 Å². The molecule has 128 valence electrons. The molecule has 2 atom stereocenters. The standard InChI is InChI=1S/C13H16O10/c1-7(9(14)18-3)22-11(16)13(20-5-6-21-13)12(17)23-8(2)10(15)19-4/h5-8H,1-4H3. The number of esters is 4. The van der Waals surface area contributed by atoms with E-state index in [2.05, 4.69) is 9.47 Å². The Morgan fingerprint density at radius 2 is 1.17 bits per heavy atom. The number of carbonyl (C=O) groups is 4. The fourth-order valence-electron chi connectivity index (χ4n) is 1.46. The Kier molecular flexibility index (Phi) is 5.94. The van der Waals surface area contributed by atoms with Gasteiger partial charge in [0.1, 0.15) is 12.5 Å². The summed E-state index contributed by atoms with van der Waals surface area (Å²) in [5, 5.41) is 0. The Balaban J connectivity index is 2.86. The Hall–Kier alpha value is -2.78. The number of hydrogen-bond donors (Lipinski definition) is 0. The van der Waals surface area contributed by atoms with Crippen molar-refractivity contribution in [3.8, 4) is 0 Å². The van der Waals surface area contributed by atoms with Crippen molar-refractivity contribution < 1.29 is 47.6 Å². The van der Waals surface area contributed by atoms with Gasteiger partial charge in [0.2, 0.25) is 0 Å². The van der Waals surface area contributed by atoms with E-state index >= 15 is 0 Å². The van der Waals surface area contributed by atoms with Crippen molar-refractivity contribution in [2.24, 2.45) is 0 Å². The highest BCUT2D eigenvalue weighted by atomic mass is 16.8. The van der Waals surface area contributed by atoms with Gasteiger partial charge in [-0.2, -0.15) is 0 Å². The van der Waals surface area contributed by atoms with Crippen LogP contribution >= 0.6 is 0 Å². The third-order valence-corrected chi connectivity index (χ3v) is 2.69. The molecule has 0 aromatic carbocycles. The second kappa shape index (κ2) is 7.47. The summed E-state index contributed by atoms with van der Waals surface area (Å²) in [5.74, 6) is -7.00. The molecule has 0 aromatic heterocycles. The van der Waals surface area contributed by atoms with Gasteiger partial charge in [-0.15, -0.1) is 0 Å². The fraction of sp³-hybridized carbons (Fsp3) is 0.538. The van der Waals surface area contributed by atoms with Gasteiger partial charge in [0.05, 0.1) is 14.2 Å². The molecule has 23 heavy (non-hydrogen) atoms. The highest BCUT2D eigenvalue weighted by Crippen LogP contribution is 2.25. The number of hydrogen-bond acceptors (Lipinski definition) is 10. The van der Waals surface area contributed by atoms with Crippen LogP contribution in [0, 0.1) is 0 Å². The molecule has 0 bridgehead atoms. The lowest BCUT2D eigenvalue weighted by molar-refractivity contribution is -0.224. The minimum Gasteiger partial charge on any atom is -0.466 e. The van der Waals surface area contributed by atoms with E-state index in [9.17, 15) is 19.2 Å². The Morgan fingerprint density at radius 1 is 0.826 bits per heavy atom. The monoisotopic (exact) mass is 332 g/mol. The van der Waals surface area contributed by atoms with E-state index in [1.807, 2.05) is 0 Å². The number of ether oxygens (including phenoxy) is 6. The molecule has 1 aliphatic rings. The van der Waals surface area contributed by atoms with E-state index in [1.165, 1.54) is 13.8 Å². The van der Waals surface area contributed by atoms with Gasteiger partial charge >= 0.3 is 29.7 Å². The summed E-state index contributed by atoms with van der Waals surface area (Å²) in [7, 11) is 2.19. The summed E-state index contributed by atoms with van der Waals surface area (Å²) < 4.78 is 28.0. The molecular weight excluding hydrogens is 316 g/mol. The lowest BCUT2D eigenvalue weighted by Crippen LogP contribution is -2.52. The largest absolute Gasteiger partial charge is 0.466 e. The van der Waals surface area contributed by atoms with Crippen LogP contribution in [0.4, 0.5) is 0 Å². The zero-order chi connectivity index (χ0) is 17.6. The minimum absolute atomic E-state index is 0.851. The van der Waals surface area contributed by atoms with Crippen molar-refractivity contribution in [3.63, 3.8) is 0 Å². The molecule has 1 rings (SSSR count). The maximum atomic E-state index is 12.1. The molecule has 0 radical (unpaired) electrons. The second-order valence-electron chi connectivity index (χ2n) is 4.27. The molecule has 0 aromatic rings. The first kappa shape index (κ1) is 18.3. The van der Waals surface area contributed by atoms with E-state index in [1.54, 1.807) is 0 Å². The number of methoxy groups -OCH3 is 2. The van der Waals surface area contributed by atoms with Crippen LogP contribution in [0.15, 0.2) is 12.5 Å². The molecule has 0 amide bonds. The Labute approximate surface area is 131 Å². The molecule has 0 N–H and O–H groups in total. The van der Waals surface area contributed by atoms with Gasteiger partial charge in [0.25, 0.3) is 0 Å². The minimum atomic E-state index is -2.61. The van der Waals surface area contributed by atoms with Gasteiger partial charge < -0.3 is 28.4 Å². The SMILES string of the molecule is COC(=O)C(C)OC(=O)C1(C(=O)OC(C)C(=O)OC)OC=CO1. The molecule has 0 saturated carbocycles. The zero-order valence-electron chi connectivity index (χ0n) is 12.9. The van der Waals surface area contributed by atoms with Crippen molar-refractivity contribution in [1.82, 2.24) is 0 Å². The molecule has 1 aliphatic heterocycles. The summed E-state index contributed by atoms with van der Waals surface area (Å²) in [4.78, 5) is 46.8. The van der Waals surface area contributed by atoms with Gasteiger partial charge in [-0.3, -0.25) is 0 Å². The lowest BCUT2D eigenvalue weighted by Gasteiger charge is -2.25. The molecule has 2 unspecified atom stereocenters. The van der Waals surface area contributed by atoms with E-state index < -0.39 is 41.9 Å². The van der Waals surface area contributed by atoms with Crippen molar-refractivity contribution in [2.75, 3.05) is 14.2 Å². The van der Waals surface area contributed by atoms with Crippen molar-refractivity contribution in [3.05, 3.63) is 12.5 Å². The molecule has 10 nitrogen and oxygen atoms in total. The summed E-state index contributed by atoms with van der Waals surface area (Å²) >= 11 is 0. The first-order chi connectivity index (χ1) is 10.8.